The van der Waals surface area contributed by atoms with Crippen molar-refractivity contribution in [2.24, 2.45) is 0 Å². The van der Waals surface area contributed by atoms with Gasteiger partial charge >= 0.3 is 0 Å². The van der Waals surface area contributed by atoms with Crippen LogP contribution in [0.4, 0.5) is 5.69 Å². The summed E-state index contributed by atoms with van der Waals surface area (Å²) in [6, 6.07) is 9.44. The maximum Gasteiger partial charge on any atom is 0.0994 e. The predicted molar refractivity (Wildman–Crippen MR) is 74.6 cm³/mol. The molecule has 0 spiro atoms. The number of hydrogen-bond donors (Lipinski definition) is 2. The molecule has 1 aliphatic rings. The highest BCUT2D eigenvalue weighted by molar-refractivity contribution is 5.52. The number of anilines is 1. The largest absolute Gasteiger partial charge is 0.382 e. The molecule has 96 valence electrons. The maximum absolute atomic E-state index is 8.91. The topological polar surface area (TPSA) is 47.8 Å². The van der Waals surface area contributed by atoms with Crippen molar-refractivity contribution in [1.29, 1.82) is 5.26 Å². The van der Waals surface area contributed by atoms with E-state index in [-0.39, 0.29) is 0 Å². The van der Waals surface area contributed by atoms with Crippen LogP contribution in [0, 0.1) is 18.3 Å². The highest BCUT2D eigenvalue weighted by atomic mass is 14.9. The van der Waals surface area contributed by atoms with Gasteiger partial charge in [-0.15, -0.1) is 0 Å². The molecule has 0 radical (unpaired) electrons. The van der Waals surface area contributed by atoms with Crippen LogP contribution >= 0.6 is 0 Å². The molecule has 0 amide bonds. The predicted octanol–water partition coefficient (Wildman–Crippen LogP) is 2.81. The third-order valence-electron chi connectivity index (χ3n) is 3.85. The Labute approximate surface area is 109 Å². The Morgan fingerprint density at radius 3 is 2.39 bits per heavy atom. The number of benzene rings is 1. The number of aryl methyl sites for hydroxylation is 1. The fourth-order valence-electron chi connectivity index (χ4n) is 2.64. The Bertz CT molecular complexity index is 440. The Morgan fingerprint density at radius 1 is 1.17 bits per heavy atom. The number of rotatable bonds is 3. The van der Waals surface area contributed by atoms with E-state index in [2.05, 4.69) is 22.8 Å². The standard InChI is InChI=1S/C15H21N3/c1-11-9-15(4-3-12(11)10-16)18-14-7-5-13(17-2)6-8-14/h3-4,9,13-14,17-18H,5-8H2,1-2H3. The van der Waals surface area contributed by atoms with E-state index in [1.54, 1.807) is 0 Å². The minimum absolute atomic E-state index is 0.571. The fourth-order valence-corrected chi connectivity index (χ4v) is 2.64. The van der Waals surface area contributed by atoms with E-state index in [0.29, 0.717) is 12.1 Å². The first kappa shape index (κ1) is 12.9. The van der Waals surface area contributed by atoms with Gasteiger partial charge in [-0.1, -0.05) is 0 Å². The molecule has 2 N–H and O–H groups in total. The average molecular weight is 243 g/mol. The summed E-state index contributed by atoms with van der Waals surface area (Å²) < 4.78 is 0. The van der Waals surface area contributed by atoms with Crippen molar-refractivity contribution in [3.63, 3.8) is 0 Å². The molecule has 0 heterocycles. The number of hydrogen-bond acceptors (Lipinski definition) is 3. The van der Waals surface area contributed by atoms with Gasteiger partial charge in [-0.3, -0.25) is 0 Å². The first-order chi connectivity index (χ1) is 8.72. The van der Waals surface area contributed by atoms with Gasteiger partial charge in [-0.05, 0) is 63.4 Å². The van der Waals surface area contributed by atoms with Crippen LogP contribution < -0.4 is 10.6 Å². The molecule has 0 aromatic heterocycles. The summed E-state index contributed by atoms with van der Waals surface area (Å²) >= 11 is 0. The van der Waals surface area contributed by atoms with E-state index in [4.69, 9.17) is 5.26 Å². The second-order valence-corrected chi connectivity index (χ2v) is 5.12. The van der Waals surface area contributed by atoms with Gasteiger partial charge < -0.3 is 10.6 Å². The summed E-state index contributed by atoms with van der Waals surface area (Å²) in [4.78, 5) is 0. The lowest BCUT2D eigenvalue weighted by molar-refractivity contribution is 0.371. The molecule has 0 unspecified atom stereocenters. The van der Waals surface area contributed by atoms with Crippen molar-refractivity contribution in [1.82, 2.24) is 5.32 Å². The Balaban J connectivity index is 1.94. The lowest BCUT2D eigenvalue weighted by Gasteiger charge is -2.29. The van der Waals surface area contributed by atoms with Crippen molar-refractivity contribution in [2.45, 2.75) is 44.7 Å². The SMILES string of the molecule is CNC1CCC(Nc2ccc(C#N)c(C)c2)CC1. The summed E-state index contributed by atoms with van der Waals surface area (Å²) in [5, 5.41) is 15.8. The molecule has 0 aliphatic heterocycles. The third kappa shape index (κ3) is 3.02. The molecular weight excluding hydrogens is 222 g/mol. The van der Waals surface area contributed by atoms with Crippen LogP contribution in [0.5, 0.6) is 0 Å². The molecule has 1 fully saturated rings. The molecule has 3 heteroatoms. The molecule has 1 aliphatic carbocycles. The average Bonchev–Trinajstić information content (AvgIpc) is 2.40. The number of nitriles is 1. The Hall–Kier alpha value is -1.53. The zero-order valence-electron chi connectivity index (χ0n) is 11.2. The quantitative estimate of drug-likeness (QED) is 0.858. The molecule has 1 saturated carbocycles. The molecule has 3 nitrogen and oxygen atoms in total. The van der Waals surface area contributed by atoms with E-state index in [1.165, 1.54) is 25.7 Å². The zero-order valence-corrected chi connectivity index (χ0v) is 11.2. The molecule has 0 saturated heterocycles. The van der Waals surface area contributed by atoms with Gasteiger partial charge in [0.25, 0.3) is 0 Å². The minimum Gasteiger partial charge on any atom is -0.382 e. The number of nitrogens with one attached hydrogen (secondary N) is 2. The summed E-state index contributed by atoms with van der Waals surface area (Å²) in [7, 11) is 2.04. The van der Waals surface area contributed by atoms with Crippen LogP contribution in [0.15, 0.2) is 18.2 Å². The molecule has 2 rings (SSSR count). The Morgan fingerprint density at radius 2 is 1.83 bits per heavy atom. The van der Waals surface area contributed by atoms with Crippen LogP contribution in [-0.2, 0) is 0 Å². The van der Waals surface area contributed by atoms with Crippen LogP contribution in [0.25, 0.3) is 0 Å². The Kier molecular flexibility index (Phi) is 4.22. The zero-order chi connectivity index (χ0) is 13.0. The molecule has 18 heavy (non-hydrogen) atoms. The molecule has 0 bridgehead atoms. The van der Waals surface area contributed by atoms with E-state index in [9.17, 15) is 0 Å². The van der Waals surface area contributed by atoms with Gasteiger partial charge in [0.05, 0.1) is 11.6 Å². The van der Waals surface area contributed by atoms with Crippen LogP contribution in [0.2, 0.25) is 0 Å². The van der Waals surface area contributed by atoms with E-state index >= 15 is 0 Å². The summed E-state index contributed by atoms with van der Waals surface area (Å²) in [6.45, 7) is 1.99. The lowest BCUT2D eigenvalue weighted by Crippen LogP contribution is -2.34. The second-order valence-electron chi connectivity index (χ2n) is 5.12. The van der Waals surface area contributed by atoms with Gasteiger partial charge in [-0.25, -0.2) is 0 Å². The van der Waals surface area contributed by atoms with E-state index < -0.39 is 0 Å². The first-order valence-corrected chi connectivity index (χ1v) is 6.67. The van der Waals surface area contributed by atoms with Crippen molar-refractivity contribution in [3.8, 4) is 6.07 Å². The van der Waals surface area contributed by atoms with Crippen LogP contribution in [0.1, 0.15) is 36.8 Å². The third-order valence-corrected chi connectivity index (χ3v) is 3.85. The van der Waals surface area contributed by atoms with Gasteiger partial charge in [0.1, 0.15) is 0 Å². The highest BCUT2D eigenvalue weighted by Crippen LogP contribution is 2.23. The van der Waals surface area contributed by atoms with E-state index in [0.717, 1.165) is 16.8 Å². The minimum atomic E-state index is 0.571. The van der Waals surface area contributed by atoms with E-state index in [1.807, 2.05) is 26.1 Å². The van der Waals surface area contributed by atoms with Crippen LogP contribution in [0.3, 0.4) is 0 Å². The highest BCUT2D eigenvalue weighted by Gasteiger charge is 2.19. The van der Waals surface area contributed by atoms with Crippen molar-refractivity contribution < 1.29 is 0 Å². The molecule has 1 aromatic carbocycles. The summed E-state index contributed by atoms with van der Waals surface area (Å²) in [6.07, 6.45) is 4.90. The monoisotopic (exact) mass is 243 g/mol. The lowest BCUT2D eigenvalue weighted by atomic mass is 9.91. The number of nitrogens with zero attached hydrogens (tertiary/aromatic N) is 1. The normalized spacial score (nSPS) is 23.4. The first-order valence-electron chi connectivity index (χ1n) is 6.67. The molecule has 0 atom stereocenters. The molecule has 1 aromatic rings. The van der Waals surface area contributed by atoms with Gasteiger partial charge in [0.2, 0.25) is 0 Å². The van der Waals surface area contributed by atoms with Gasteiger partial charge in [0.15, 0.2) is 0 Å². The van der Waals surface area contributed by atoms with Crippen molar-refractivity contribution in [2.75, 3.05) is 12.4 Å². The summed E-state index contributed by atoms with van der Waals surface area (Å²) in [5.74, 6) is 0. The van der Waals surface area contributed by atoms with Gasteiger partial charge in [-0.2, -0.15) is 5.26 Å². The van der Waals surface area contributed by atoms with Crippen molar-refractivity contribution in [3.05, 3.63) is 29.3 Å². The fraction of sp³-hybridized carbons (Fsp3) is 0.533. The van der Waals surface area contributed by atoms with Gasteiger partial charge in [0, 0.05) is 17.8 Å². The smallest absolute Gasteiger partial charge is 0.0994 e. The second kappa shape index (κ2) is 5.88. The van der Waals surface area contributed by atoms with Crippen molar-refractivity contribution >= 4 is 5.69 Å². The summed E-state index contributed by atoms with van der Waals surface area (Å²) in [5.41, 5.74) is 2.95. The molecular formula is C15H21N3. The maximum atomic E-state index is 8.91. The van der Waals surface area contributed by atoms with Crippen LogP contribution in [-0.4, -0.2) is 19.1 Å².